The predicted molar refractivity (Wildman–Crippen MR) is 90.0 cm³/mol. The lowest BCUT2D eigenvalue weighted by Crippen LogP contribution is -2.37. The Labute approximate surface area is 132 Å². The molecule has 0 aliphatic heterocycles. The van der Waals surface area contributed by atoms with Crippen LogP contribution in [0.2, 0.25) is 0 Å². The van der Waals surface area contributed by atoms with Gasteiger partial charge in [-0.25, -0.2) is 4.99 Å². The minimum Gasteiger partial charge on any atom is -0.357 e. The van der Waals surface area contributed by atoms with Crippen molar-refractivity contribution in [1.29, 1.82) is 0 Å². The lowest BCUT2D eigenvalue weighted by Gasteiger charge is -2.12. The number of non-ortho nitro benzene ring substituents is 1. The number of hydrogen-bond donors (Lipinski definition) is 2. The first-order valence-electron chi connectivity index (χ1n) is 7.78. The Balaban J connectivity index is 2.57. The highest BCUT2D eigenvalue weighted by Gasteiger charge is 2.05. The molecule has 0 unspecified atom stereocenters. The maximum Gasteiger partial charge on any atom is 0.269 e. The third-order valence-corrected chi connectivity index (χ3v) is 3.14. The molecule has 6 nitrogen and oxygen atoms in total. The molecule has 1 aromatic carbocycles. The number of hydrogen-bond acceptors (Lipinski definition) is 3. The van der Waals surface area contributed by atoms with E-state index in [0.29, 0.717) is 12.5 Å². The lowest BCUT2D eigenvalue weighted by atomic mass is 10.1. The first kappa shape index (κ1) is 17.9. The smallest absolute Gasteiger partial charge is 0.269 e. The molecular weight excluding hydrogens is 280 g/mol. The van der Waals surface area contributed by atoms with Crippen LogP contribution in [0.3, 0.4) is 0 Å². The summed E-state index contributed by atoms with van der Waals surface area (Å²) in [7, 11) is 0. The van der Waals surface area contributed by atoms with Crippen LogP contribution in [0.15, 0.2) is 29.3 Å². The number of aliphatic imine (C=N–C) groups is 1. The van der Waals surface area contributed by atoms with Gasteiger partial charge in [-0.2, -0.15) is 0 Å². The third-order valence-electron chi connectivity index (χ3n) is 3.14. The van der Waals surface area contributed by atoms with E-state index in [1.807, 2.05) is 13.0 Å². The van der Waals surface area contributed by atoms with Crippen LogP contribution in [0, 0.1) is 16.0 Å². The molecule has 122 valence electrons. The number of benzene rings is 1. The second-order valence-corrected chi connectivity index (χ2v) is 5.59. The van der Waals surface area contributed by atoms with Crippen LogP contribution in [-0.2, 0) is 6.54 Å². The van der Waals surface area contributed by atoms with E-state index >= 15 is 0 Å². The van der Waals surface area contributed by atoms with E-state index in [2.05, 4.69) is 29.5 Å². The number of nitro groups is 1. The molecule has 1 aromatic rings. The van der Waals surface area contributed by atoms with Gasteiger partial charge in [-0.05, 0) is 31.2 Å². The van der Waals surface area contributed by atoms with Crippen LogP contribution in [0.1, 0.15) is 39.2 Å². The van der Waals surface area contributed by atoms with Gasteiger partial charge < -0.3 is 10.6 Å². The second kappa shape index (κ2) is 9.76. The number of nitrogens with zero attached hydrogens (tertiary/aromatic N) is 2. The van der Waals surface area contributed by atoms with Crippen molar-refractivity contribution < 1.29 is 4.92 Å². The maximum absolute atomic E-state index is 10.8. The SMILES string of the molecule is CCNC(=NCc1cccc([N+](=O)[O-])c1)NCCCC(C)C. The van der Waals surface area contributed by atoms with Gasteiger partial charge in [0, 0.05) is 25.2 Å². The van der Waals surface area contributed by atoms with Gasteiger partial charge in [0.05, 0.1) is 11.5 Å². The zero-order valence-corrected chi connectivity index (χ0v) is 13.6. The Hall–Kier alpha value is -2.11. The Morgan fingerprint density at radius 1 is 1.36 bits per heavy atom. The summed E-state index contributed by atoms with van der Waals surface area (Å²) in [6.07, 6.45) is 2.27. The molecule has 0 aliphatic rings. The minimum absolute atomic E-state index is 0.0996. The summed E-state index contributed by atoms with van der Waals surface area (Å²) in [5.41, 5.74) is 0.927. The summed E-state index contributed by atoms with van der Waals surface area (Å²) in [5.74, 6) is 1.45. The summed E-state index contributed by atoms with van der Waals surface area (Å²) in [6, 6.07) is 6.58. The van der Waals surface area contributed by atoms with Crippen molar-refractivity contribution in [2.75, 3.05) is 13.1 Å². The summed E-state index contributed by atoms with van der Waals surface area (Å²) in [6.45, 7) is 8.51. The van der Waals surface area contributed by atoms with E-state index < -0.39 is 0 Å². The van der Waals surface area contributed by atoms with Gasteiger partial charge in [0.25, 0.3) is 5.69 Å². The second-order valence-electron chi connectivity index (χ2n) is 5.59. The maximum atomic E-state index is 10.8. The molecule has 0 aromatic heterocycles. The highest BCUT2D eigenvalue weighted by atomic mass is 16.6. The van der Waals surface area contributed by atoms with Crippen molar-refractivity contribution in [3.63, 3.8) is 0 Å². The molecule has 0 saturated carbocycles. The van der Waals surface area contributed by atoms with Crippen LogP contribution in [-0.4, -0.2) is 24.0 Å². The van der Waals surface area contributed by atoms with Crippen LogP contribution in [0.25, 0.3) is 0 Å². The fourth-order valence-electron chi connectivity index (χ4n) is 2.00. The fourth-order valence-corrected chi connectivity index (χ4v) is 2.00. The van der Waals surface area contributed by atoms with Gasteiger partial charge in [-0.3, -0.25) is 10.1 Å². The topological polar surface area (TPSA) is 79.6 Å². The molecular formula is C16H26N4O2. The van der Waals surface area contributed by atoms with Crippen LogP contribution >= 0.6 is 0 Å². The number of rotatable bonds is 8. The number of guanidine groups is 1. The standard InChI is InChI=1S/C16H26N4O2/c1-4-17-16(18-10-6-7-13(2)3)19-12-14-8-5-9-15(11-14)20(21)22/h5,8-9,11,13H,4,6-7,10,12H2,1-3H3,(H2,17,18,19). The molecule has 0 spiro atoms. The van der Waals surface area contributed by atoms with E-state index in [1.165, 1.54) is 12.5 Å². The molecule has 0 radical (unpaired) electrons. The highest BCUT2D eigenvalue weighted by molar-refractivity contribution is 5.79. The molecule has 0 atom stereocenters. The average Bonchev–Trinajstić information content (AvgIpc) is 2.49. The zero-order valence-electron chi connectivity index (χ0n) is 13.6. The van der Waals surface area contributed by atoms with E-state index in [9.17, 15) is 10.1 Å². The molecule has 0 amide bonds. The monoisotopic (exact) mass is 306 g/mol. The van der Waals surface area contributed by atoms with E-state index in [4.69, 9.17) is 0 Å². The van der Waals surface area contributed by atoms with Gasteiger partial charge >= 0.3 is 0 Å². The van der Waals surface area contributed by atoms with Crippen LogP contribution in [0.5, 0.6) is 0 Å². The van der Waals surface area contributed by atoms with Gasteiger partial charge in [-0.15, -0.1) is 0 Å². The van der Waals surface area contributed by atoms with Gasteiger partial charge in [0.15, 0.2) is 5.96 Å². The highest BCUT2D eigenvalue weighted by Crippen LogP contribution is 2.13. The molecule has 22 heavy (non-hydrogen) atoms. The first-order valence-corrected chi connectivity index (χ1v) is 7.78. The van der Waals surface area contributed by atoms with Crippen molar-refractivity contribution in [2.24, 2.45) is 10.9 Å². The molecule has 0 saturated heterocycles. The molecule has 6 heteroatoms. The number of nitro benzene ring substituents is 1. The third kappa shape index (κ3) is 7.06. The Morgan fingerprint density at radius 3 is 2.77 bits per heavy atom. The Morgan fingerprint density at radius 2 is 2.14 bits per heavy atom. The lowest BCUT2D eigenvalue weighted by molar-refractivity contribution is -0.384. The normalized spacial score (nSPS) is 11.5. The summed E-state index contributed by atoms with van der Waals surface area (Å²) in [4.78, 5) is 14.9. The minimum atomic E-state index is -0.386. The molecule has 2 N–H and O–H groups in total. The summed E-state index contributed by atoms with van der Waals surface area (Å²) < 4.78 is 0. The molecule has 0 aliphatic carbocycles. The zero-order chi connectivity index (χ0) is 16.4. The average molecular weight is 306 g/mol. The predicted octanol–water partition coefficient (Wildman–Crippen LogP) is 3.09. The van der Waals surface area contributed by atoms with Crippen molar-refractivity contribution in [3.8, 4) is 0 Å². The van der Waals surface area contributed by atoms with E-state index in [-0.39, 0.29) is 10.6 Å². The molecule has 1 rings (SSSR count). The van der Waals surface area contributed by atoms with Crippen LogP contribution in [0.4, 0.5) is 5.69 Å². The molecule has 0 fully saturated rings. The quantitative estimate of drug-likeness (QED) is 0.254. The fraction of sp³-hybridized carbons (Fsp3) is 0.562. The van der Waals surface area contributed by atoms with Crippen molar-refractivity contribution in [3.05, 3.63) is 39.9 Å². The summed E-state index contributed by atoms with van der Waals surface area (Å²) >= 11 is 0. The first-order chi connectivity index (χ1) is 10.5. The summed E-state index contributed by atoms with van der Waals surface area (Å²) in [5, 5.41) is 17.2. The van der Waals surface area contributed by atoms with Crippen molar-refractivity contribution >= 4 is 11.6 Å². The van der Waals surface area contributed by atoms with Crippen molar-refractivity contribution in [1.82, 2.24) is 10.6 Å². The van der Waals surface area contributed by atoms with Crippen LogP contribution < -0.4 is 10.6 Å². The van der Waals surface area contributed by atoms with E-state index in [1.54, 1.807) is 12.1 Å². The van der Waals surface area contributed by atoms with Gasteiger partial charge in [0.2, 0.25) is 0 Å². The molecule has 0 heterocycles. The van der Waals surface area contributed by atoms with E-state index in [0.717, 1.165) is 31.0 Å². The Bertz CT molecular complexity index is 501. The van der Waals surface area contributed by atoms with Gasteiger partial charge in [0.1, 0.15) is 0 Å². The Kier molecular flexibility index (Phi) is 7.96. The number of nitrogens with one attached hydrogen (secondary N) is 2. The largest absolute Gasteiger partial charge is 0.357 e. The van der Waals surface area contributed by atoms with Gasteiger partial charge in [-0.1, -0.05) is 26.0 Å². The van der Waals surface area contributed by atoms with Crippen molar-refractivity contribution in [2.45, 2.75) is 40.2 Å². The molecule has 0 bridgehead atoms.